The summed E-state index contributed by atoms with van der Waals surface area (Å²) >= 11 is 0. The van der Waals surface area contributed by atoms with Crippen molar-refractivity contribution in [2.24, 2.45) is 0 Å². The van der Waals surface area contributed by atoms with Crippen LogP contribution in [0, 0.1) is 6.92 Å². The molecule has 0 radical (unpaired) electrons. The van der Waals surface area contributed by atoms with Gasteiger partial charge < -0.3 is 5.32 Å². The lowest BCUT2D eigenvalue weighted by Crippen LogP contribution is -2.24. The van der Waals surface area contributed by atoms with Crippen molar-refractivity contribution in [1.29, 1.82) is 0 Å². The van der Waals surface area contributed by atoms with E-state index < -0.39 is 0 Å². The highest BCUT2D eigenvalue weighted by Gasteiger charge is 2.32. The van der Waals surface area contributed by atoms with E-state index in [1.54, 1.807) is 18.2 Å². The van der Waals surface area contributed by atoms with Gasteiger partial charge in [0, 0.05) is 18.4 Å². The highest BCUT2D eigenvalue weighted by atomic mass is 16.2. The number of carbonyl (C=O) groups is 2. The molecule has 106 valence electrons. The van der Waals surface area contributed by atoms with Crippen LogP contribution in [-0.2, 0) is 6.54 Å². The molecule has 1 aliphatic heterocycles. The normalized spacial score (nSPS) is 13.5. The third-order valence-electron chi connectivity index (χ3n) is 3.51. The largest absolute Gasteiger partial charge is 0.379 e. The number of aryl methyl sites for hydroxylation is 1. The lowest BCUT2D eigenvalue weighted by atomic mass is 10.1. The molecule has 2 heterocycles. The molecule has 0 fully saturated rings. The summed E-state index contributed by atoms with van der Waals surface area (Å²) < 4.78 is 0. The van der Waals surface area contributed by atoms with Crippen molar-refractivity contribution in [3.05, 3.63) is 58.9 Å². The van der Waals surface area contributed by atoms with Crippen LogP contribution >= 0.6 is 0 Å². The first kappa shape index (κ1) is 13.3. The molecule has 2 amide bonds. The van der Waals surface area contributed by atoms with Crippen molar-refractivity contribution < 1.29 is 9.59 Å². The van der Waals surface area contributed by atoms with Crippen molar-refractivity contribution in [3.8, 4) is 0 Å². The molecular formula is C16H15N3O2. The van der Waals surface area contributed by atoms with Crippen LogP contribution in [0.1, 0.15) is 32.1 Å². The van der Waals surface area contributed by atoms with Crippen LogP contribution in [0.3, 0.4) is 0 Å². The van der Waals surface area contributed by atoms with E-state index >= 15 is 0 Å². The summed E-state index contributed by atoms with van der Waals surface area (Å²) in [5.41, 5.74) is 3.60. The minimum absolute atomic E-state index is 0.248. The van der Waals surface area contributed by atoms with Gasteiger partial charge in [-0.15, -0.1) is 0 Å². The molecule has 1 N–H and O–H groups in total. The molecule has 1 aromatic heterocycles. The topological polar surface area (TPSA) is 62.3 Å². The highest BCUT2D eigenvalue weighted by Crippen LogP contribution is 2.24. The predicted molar refractivity (Wildman–Crippen MR) is 79.2 cm³/mol. The monoisotopic (exact) mass is 281 g/mol. The van der Waals surface area contributed by atoms with E-state index in [0.29, 0.717) is 17.7 Å². The summed E-state index contributed by atoms with van der Waals surface area (Å²) in [7, 11) is 1.49. The van der Waals surface area contributed by atoms with Gasteiger partial charge in [0.2, 0.25) is 0 Å². The number of rotatable bonds is 3. The number of pyridine rings is 1. The third-order valence-corrected chi connectivity index (χ3v) is 3.51. The van der Waals surface area contributed by atoms with E-state index in [0.717, 1.165) is 22.0 Å². The lowest BCUT2D eigenvalue weighted by molar-refractivity contribution is 0.0693. The number of anilines is 1. The summed E-state index contributed by atoms with van der Waals surface area (Å²) in [5, 5.41) is 3.22. The van der Waals surface area contributed by atoms with Crippen molar-refractivity contribution in [3.63, 3.8) is 0 Å². The molecule has 0 saturated carbocycles. The van der Waals surface area contributed by atoms with Gasteiger partial charge in [-0.2, -0.15) is 0 Å². The number of carbonyl (C=O) groups excluding carboxylic acids is 2. The number of hydrogen-bond acceptors (Lipinski definition) is 4. The van der Waals surface area contributed by atoms with Crippen molar-refractivity contribution in [1.82, 2.24) is 9.88 Å². The molecule has 3 rings (SSSR count). The zero-order valence-electron chi connectivity index (χ0n) is 11.9. The van der Waals surface area contributed by atoms with Gasteiger partial charge >= 0.3 is 0 Å². The Hall–Kier alpha value is -2.69. The van der Waals surface area contributed by atoms with Gasteiger partial charge in [0.15, 0.2) is 0 Å². The number of benzene rings is 1. The van der Waals surface area contributed by atoms with Gasteiger partial charge in [-0.25, -0.2) is 0 Å². The molecule has 0 aliphatic carbocycles. The number of hydrogen-bond donors (Lipinski definition) is 1. The average molecular weight is 281 g/mol. The zero-order chi connectivity index (χ0) is 15.0. The second kappa shape index (κ2) is 5.01. The molecule has 0 saturated heterocycles. The number of fused-ring (bicyclic) bond motifs is 1. The minimum Gasteiger partial charge on any atom is -0.379 e. The first-order valence-corrected chi connectivity index (χ1v) is 6.69. The first-order chi connectivity index (χ1) is 10.1. The van der Waals surface area contributed by atoms with Gasteiger partial charge in [0.05, 0.1) is 23.4 Å². The van der Waals surface area contributed by atoms with Crippen LogP contribution in [0.5, 0.6) is 0 Å². The summed E-state index contributed by atoms with van der Waals surface area (Å²) in [4.78, 5) is 29.3. The maximum absolute atomic E-state index is 11.9. The minimum atomic E-state index is -0.257. The smallest absolute Gasteiger partial charge is 0.261 e. The Labute approximate surface area is 122 Å². The molecule has 0 unspecified atom stereocenters. The Bertz CT molecular complexity index is 740. The average Bonchev–Trinajstić information content (AvgIpc) is 2.70. The Morgan fingerprint density at radius 2 is 1.86 bits per heavy atom. The van der Waals surface area contributed by atoms with Crippen molar-refractivity contribution in [2.75, 3.05) is 12.4 Å². The van der Waals surface area contributed by atoms with Crippen LogP contribution in [0.15, 0.2) is 36.4 Å². The number of nitrogens with one attached hydrogen (secondary N) is 1. The van der Waals surface area contributed by atoms with Gasteiger partial charge in [-0.05, 0) is 37.3 Å². The number of amides is 2. The Morgan fingerprint density at radius 1 is 1.10 bits per heavy atom. The van der Waals surface area contributed by atoms with Crippen LogP contribution in [0.25, 0.3) is 0 Å². The standard InChI is InChI=1S/C16H15N3O2/c1-10-4-3-5-12(18-10)9-17-11-6-7-13-14(8-11)16(21)19(2)15(13)20/h3-8,17H,9H2,1-2H3. The van der Waals surface area contributed by atoms with E-state index in [4.69, 9.17) is 0 Å². The van der Waals surface area contributed by atoms with E-state index in [1.165, 1.54) is 7.05 Å². The van der Waals surface area contributed by atoms with Gasteiger partial charge in [0.1, 0.15) is 0 Å². The number of imide groups is 1. The molecule has 1 aromatic carbocycles. The summed E-state index contributed by atoms with van der Waals surface area (Å²) in [6, 6.07) is 11.0. The zero-order valence-corrected chi connectivity index (χ0v) is 11.9. The van der Waals surface area contributed by atoms with E-state index in [2.05, 4.69) is 10.3 Å². The third kappa shape index (κ3) is 2.38. The Balaban J connectivity index is 1.80. The fourth-order valence-electron chi connectivity index (χ4n) is 2.36. The summed E-state index contributed by atoms with van der Waals surface area (Å²) in [6.45, 7) is 2.51. The molecule has 21 heavy (non-hydrogen) atoms. The van der Waals surface area contributed by atoms with E-state index in [1.807, 2.05) is 25.1 Å². The molecule has 0 spiro atoms. The fourth-order valence-corrected chi connectivity index (χ4v) is 2.36. The van der Waals surface area contributed by atoms with Crippen LogP contribution in [-0.4, -0.2) is 28.7 Å². The second-order valence-corrected chi connectivity index (χ2v) is 5.05. The van der Waals surface area contributed by atoms with Crippen LogP contribution in [0.4, 0.5) is 5.69 Å². The lowest BCUT2D eigenvalue weighted by Gasteiger charge is -2.07. The molecule has 1 aliphatic rings. The molecule has 5 heteroatoms. The predicted octanol–water partition coefficient (Wildman–Crippen LogP) is 2.23. The van der Waals surface area contributed by atoms with E-state index in [9.17, 15) is 9.59 Å². The van der Waals surface area contributed by atoms with Gasteiger partial charge in [-0.1, -0.05) is 6.07 Å². The molecule has 5 nitrogen and oxygen atoms in total. The highest BCUT2D eigenvalue weighted by molar-refractivity contribution is 6.21. The number of nitrogens with zero attached hydrogens (tertiary/aromatic N) is 2. The SMILES string of the molecule is Cc1cccc(CNc2ccc3c(c2)C(=O)N(C)C3=O)n1. The van der Waals surface area contributed by atoms with E-state index in [-0.39, 0.29) is 11.8 Å². The maximum atomic E-state index is 11.9. The van der Waals surface area contributed by atoms with Crippen LogP contribution < -0.4 is 5.32 Å². The molecule has 2 aromatic rings. The number of aromatic nitrogens is 1. The van der Waals surface area contributed by atoms with Crippen molar-refractivity contribution in [2.45, 2.75) is 13.5 Å². The Kier molecular flexibility index (Phi) is 3.17. The maximum Gasteiger partial charge on any atom is 0.261 e. The first-order valence-electron chi connectivity index (χ1n) is 6.69. The van der Waals surface area contributed by atoms with Crippen molar-refractivity contribution >= 4 is 17.5 Å². The van der Waals surface area contributed by atoms with Gasteiger partial charge in [0.25, 0.3) is 11.8 Å². The summed E-state index contributed by atoms with van der Waals surface area (Å²) in [5.74, 6) is -0.505. The van der Waals surface area contributed by atoms with Gasteiger partial charge in [-0.3, -0.25) is 19.5 Å². The molecule has 0 bridgehead atoms. The molecular weight excluding hydrogens is 266 g/mol. The fraction of sp³-hybridized carbons (Fsp3) is 0.188. The summed E-state index contributed by atoms with van der Waals surface area (Å²) in [6.07, 6.45) is 0. The molecule has 0 atom stereocenters. The quantitative estimate of drug-likeness (QED) is 0.876. The van der Waals surface area contributed by atoms with Crippen LogP contribution in [0.2, 0.25) is 0 Å². The Morgan fingerprint density at radius 3 is 2.62 bits per heavy atom. The second-order valence-electron chi connectivity index (χ2n) is 5.05.